The molecule has 0 saturated carbocycles. The summed E-state index contributed by atoms with van der Waals surface area (Å²) in [6, 6.07) is 14.0. The number of benzene rings is 2. The lowest BCUT2D eigenvalue weighted by molar-refractivity contribution is 0.122. The van der Waals surface area contributed by atoms with E-state index in [1.54, 1.807) is 6.08 Å². The van der Waals surface area contributed by atoms with Crippen molar-refractivity contribution >= 4 is 33.9 Å². The van der Waals surface area contributed by atoms with Crippen molar-refractivity contribution < 1.29 is 9.29 Å². The number of fused-ring (bicyclic) bond motifs is 1. The molecule has 0 bridgehead atoms. The Morgan fingerprint density at radius 3 is 2.61 bits per heavy atom. The maximum Gasteiger partial charge on any atom is 0.250 e. The molecule has 0 spiro atoms. The van der Waals surface area contributed by atoms with Crippen LogP contribution in [0.15, 0.2) is 41.3 Å². The predicted molar refractivity (Wildman–Crippen MR) is 92.9 cm³/mol. The van der Waals surface area contributed by atoms with E-state index in [4.69, 9.17) is 15.1 Å². The first-order valence-electron chi connectivity index (χ1n) is 7.32. The summed E-state index contributed by atoms with van der Waals surface area (Å²) in [4.78, 5) is 2.37. The van der Waals surface area contributed by atoms with Gasteiger partial charge in [0.25, 0.3) is 4.91 Å². The van der Waals surface area contributed by atoms with E-state index in [2.05, 4.69) is 23.1 Å². The fourth-order valence-corrected chi connectivity index (χ4v) is 2.99. The summed E-state index contributed by atoms with van der Waals surface area (Å²) in [5.41, 5.74) is 2.00. The molecule has 1 heterocycles. The molecule has 2 aromatic rings. The molecule has 1 aliphatic rings. The van der Waals surface area contributed by atoms with Gasteiger partial charge in [0.1, 0.15) is 0 Å². The number of rotatable bonds is 3. The normalized spacial score (nSPS) is 17.1. The van der Waals surface area contributed by atoms with E-state index in [-0.39, 0.29) is 4.91 Å². The van der Waals surface area contributed by atoms with E-state index in [9.17, 15) is 4.55 Å². The Morgan fingerprint density at radius 1 is 1.22 bits per heavy atom. The number of anilines is 1. The van der Waals surface area contributed by atoms with Crippen molar-refractivity contribution in [3.63, 3.8) is 0 Å². The molecule has 0 radical (unpaired) electrons. The lowest BCUT2D eigenvalue weighted by atomic mass is 10.1. The van der Waals surface area contributed by atoms with Gasteiger partial charge in [0, 0.05) is 24.9 Å². The fourth-order valence-electron chi connectivity index (χ4n) is 2.65. The first-order valence-corrected chi connectivity index (χ1v) is 8.53. The Morgan fingerprint density at radius 2 is 1.91 bits per heavy atom. The molecule has 3 rings (SSSR count). The molecule has 6 heteroatoms. The van der Waals surface area contributed by atoms with Crippen molar-refractivity contribution in [2.75, 3.05) is 31.2 Å². The van der Waals surface area contributed by atoms with Crippen molar-refractivity contribution in [1.82, 2.24) is 0 Å². The molecule has 0 aliphatic carbocycles. The van der Waals surface area contributed by atoms with Crippen molar-refractivity contribution in [3.8, 4) is 6.07 Å². The molecule has 5 nitrogen and oxygen atoms in total. The van der Waals surface area contributed by atoms with Crippen LogP contribution in [0.25, 0.3) is 16.8 Å². The molecule has 1 unspecified atom stereocenters. The average Bonchev–Trinajstić information content (AvgIpc) is 2.59. The van der Waals surface area contributed by atoms with E-state index in [1.165, 1.54) is 5.69 Å². The zero-order valence-electron chi connectivity index (χ0n) is 12.6. The van der Waals surface area contributed by atoms with Crippen LogP contribution in [-0.2, 0) is 16.1 Å². The number of hydrogen-bond donors (Lipinski definition) is 1. The number of hydrogen-bond acceptors (Lipinski definition) is 5. The van der Waals surface area contributed by atoms with Crippen LogP contribution in [0.3, 0.4) is 0 Å². The lowest BCUT2D eigenvalue weighted by Crippen LogP contribution is -2.36. The largest absolute Gasteiger partial charge is 0.593 e. The molecular formula is C17H17N3O2S. The van der Waals surface area contributed by atoms with Crippen molar-refractivity contribution in [3.05, 3.63) is 46.9 Å². The third-order valence-electron chi connectivity index (χ3n) is 3.85. The molecule has 0 aromatic heterocycles. The molecular weight excluding hydrogens is 310 g/mol. The van der Waals surface area contributed by atoms with Crippen LogP contribution in [0.4, 0.5) is 5.69 Å². The van der Waals surface area contributed by atoms with Gasteiger partial charge in [-0.2, -0.15) is 5.26 Å². The maximum atomic E-state index is 11.2. The van der Waals surface area contributed by atoms with Gasteiger partial charge >= 0.3 is 0 Å². The topological polar surface area (TPSA) is 85.3 Å². The second-order valence-corrected chi connectivity index (χ2v) is 6.34. The molecule has 2 aromatic carbocycles. The zero-order chi connectivity index (χ0) is 16.2. The number of nitrogens with zero attached hydrogens (tertiary/aromatic N) is 2. The van der Waals surface area contributed by atoms with Gasteiger partial charge in [-0.15, -0.1) is 5.14 Å². The minimum Gasteiger partial charge on any atom is -0.593 e. The predicted octanol–water partition coefficient (Wildman–Crippen LogP) is 2.16. The van der Waals surface area contributed by atoms with Crippen LogP contribution in [0, 0.1) is 11.3 Å². The highest BCUT2D eigenvalue weighted by Gasteiger charge is 2.12. The van der Waals surface area contributed by atoms with E-state index in [0.717, 1.165) is 42.6 Å². The lowest BCUT2D eigenvalue weighted by Gasteiger charge is -2.29. The fraction of sp³-hybridized carbons (Fsp3) is 0.235. The molecule has 1 saturated heterocycles. The van der Waals surface area contributed by atoms with E-state index >= 15 is 0 Å². The standard InChI is InChI=1S/C17H17N3O2S/c18-12-17(23(19)21)10-13-1-2-15-11-16(4-3-14(15)9-13)20-5-7-22-8-6-20/h1-4,9-11H,5-8,19H2/b17-10+. The second-order valence-electron chi connectivity index (χ2n) is 5.31. The van der Waals surface area contributed by atoms with E-state index in [1.807, 2.05) is 24.3 Å². The van der Waals surface area contributed by atoms with Gasteiger partial charge < -0.3 is 14.2 Å². The molecule has 1 atom stereocenters. The molecule has 1 aliphatic heterocycles. The minimum atomic E-state index is -1.76. The van der Waals surface area contributed by atoms with Gasteiger partial charge in [0.2, 0.25) is 0 Å². The van der Waals surface area contributed by atoms with Crippen LogP contribution in [-0.4, -0.2) is 30.9 Å². The summed E-state index contributed by atoms with van der Waals surface area (Å²) < 4.78 is 16.6. The smallest absolute Gasteiger partial charge is 0.250 e. The molecule has 0 amide bonds. The number of morpholine rings is 1. The van der Waals surface area contributed by atoms with Crippen LogP contribution in [0.2, 0.25) is 0 Å². The van der Waals surface area contributed by atoms with Crippen molar-refractivity contribution in [2.45, 2.75) is 0 Å². The molecule has 2 N–H and O–H groups in total. The first kappa shape index (κ1) is 15.8. The van der Waals surface area contributed by atoms with E-state index < -0.39 is 11.4 Å². The van der Waals surface area contributed by atoms with Crippen LogP contribution in [0.1, 0.15) is 5.56 Å². The highest BCUT2D eigenvalue weighted by Crippen LogP contribution is 2.25. The van der Waals surface area contributed by atoms with Crippen molar-refractivity contribution in [2.24, 2.45) is 5.14 Å². The van der Waals surface area contributed by atoms with Gasteiger partial charge in [-0.05, 0) is 34.5 Å². The third-order valence-corrected chi connectivity index (χ3v) is 4.49. The summed E-state index contributed by atoms with van der Waals surface area (Å²) in [5, 5.41) is 16.4. The highest BCUT2D eigenvalue weighted by molar-refractivity contribution is 7.93. The van der Waals surface area contributed by atoms with Gasteiger partial charge in [-0.1, -0.05) is 18.2 Å². The SMILES string of the molecule is N#C/C(=C\c1ccc2cc(N3CCOCC3)ccc2c1)[S+](N)[O-]. The summed E-state index contributed by atoms with van der Waals surface area (Å²) in [6.45, 7) is 3.32. The Labute approximate surface area is 138 Å². The zero-order valence-corrected chi connectivity index (χ0v) is 13.4. The Balaban J connectivity index is 1.91. The van der Waals surface area contributed by atoms with Gasteiger partial charge in [0.15, 0.2) is 6.07 Å². The molecule has 118 valence electrons. The summed E-state index contributed by atoms with van der Waals surface area (Å²) in [7, 11) is 0. The van der Waals surface area contributed by atoms with Crippen molar-refractivity contribution in [1.29, 1.82) is 5.26 Å². The maximum absolute atomic E-state index is 11.2. The van der Waals surface area contributed by atoms with Gasteiger partial charge in [-0.3, -0.25) is 0 Å². The average molecular weight is 327 g/mol. The number of allylic oxidation sites excluding steroid dienone is 1. The van der Waals surface area contributed by atoms with Crippen LogP contribution >= 0.6 is 0 Å². The third kappa shape index (κ3) is 3.66. The van der Waals surface area contributed by atoms with E-state index in [0.29, 0.717) is 0 Å². The summed E-state index contributed by atoms with van der Waals surface area (Å²) >= 11 is -1.76. The quantitative estimate of drug-likeness (QED) is 0.690. The molecule has 1 fully saturated rings. The van der Waals surface area contributed by atoms with Crippen LogP contribution < -0.4 is 10.0 Å². The minimum absolute atomic E-state index is 0.0642. The number of nitrogens with two attached hydrogens (primary N) is 1. The summed E-state index contributed by atoms with van der Waals surface area (Å²) in [5.74, 6) is 0. The highest BCUT2D eigenvalue weighted by atomic mass is 32.2. The second kappa shape index (κ2) is 7.02. The molecule has 23 heavy (non-hydrogen) atoms. The van der Waals surface area contributed by atoms with Crippen LogP contribution in [0.5, 0.6) is 0 Å². The number of nitriles is 1. The summed E-state index contributed by atoms with van der Waals surface area (Å²) in [6.07, 6.45) is 1.56. The first-order chi connectivity index (χ1) is 11.2. The Kier molecular flexibility index (Phi) is 4.84. The number of ether oxygens (including phenoxy) is 1. The monoisotopic (exact) mass is 327 g/mol. The van der Waals surface area contributed by atoms with Gasteiger partial charge in [0.05, 0.1) is 24.6 Å². The van der Waals surface area contributed by atoms with Gasteiger partial charge in [-0.25, -0.2) is 0 Å². The Bertz CT molecular complexity index is 777. The Hall–Kier alpha value is -2.04.